The molecule has 132 valence electrons. The van der Waals surface area contributed by atoms with Crippen LogP contribution in [0.2, 0.25) is 0 Å². The largest absolute Gasteiger partial charge is 0.342 e. The van der Waals surface area contributed by atoms with Gasteiger partial charge in [0.2, 0.25) is 5.91 Å². The first-order valence-electron chi connectivity index (χ1n) is 9.15. The van der Waals surface area contributed by atoms with E-state index in [4.69, 9.17) is 0 Å². The first-order valence-corrected chi connectivity index (χ1v) is 10.0. The van der Waals surface area contributed by atoms with Crippen molar-refractivity contribution >= 4 is 23.2 Å². The number of piperidine rings is 1. The van der Waals surface area contributed by atoms with E-state index in [-0.39, 0.29) is 17.7 Å². The molecular weight excluding hydrogens is 320 g/mol. The number of carbonyl (C=O) groups excluding carboxylic acids is 2. The van der Waals surface area contributed by atoms with Gasteiger partial charge in [-0.05, 0) is 55.9 Å². The smallest absolute Gasteiger partial charge is 0.263 e. The molecule has 2 heterocycles. The monoisotopic (exact) mass is 348 g/mol. The quantitative estimate of drug-likeness (QED) is 0.837. The Morgan fingerprint density at radius 1 is 1.21 bits per heavy atom. The van der Waals surface area contributed by atoms with Gasteiger partial charge in [-0.3, -0.25) is 9.59 Å². The molecule has 1 atom stereocenters. The second kappa shape index (κ2) is 7.68. The van der Waals surface area contributed by atoms with Crippen LogP contribution >= 0.6 is 11.3 Å². The Morgan fingerprint density at radius 2 is 1.96 bits per heavy atom. The highest BCUT2D eigenvalue weighted by atomic mass is 32.1. The molecule has 1 aliphatic heterocycles. The van der Waals surface area contributed by atoms with Crippen LogP contribution in [-0.2, 0) is 4.79 Å². The summed E-state index contributed by atoms with van der Waals surface area (Å²) in [4.78, 5) is 30.1. The van der Waals surface area contributed by atoms with E-state index in [1.165, 1.54) is 24.2 Å². The van der Waals surface area contributed by atoms with Crippen molar-refractivity contribution in [2.75, 3.05) is 20.1 Å². The van der Waals surface area contributed by atoms with Crippen molar-refractivity contribution in [1.29, 1.82) is 0 Å². The lowest BCUT2D eigenvalue weighted by molar-refractivity contribution is -0.138. The lowest BCUT2D eigenvalue weighted by atomic mass is 9.86. The van der Waals surface area contributed by atoms with Crippen LogP contribution < -0.4 is 0 Å². The number of rotatable bonds is 3. The Morgan fingerprint density at radius 3 is 2.62 bits per heavy atom. The van der Waals surface area contributed by atoms with Crippen LogP contribution in [0.5, 0.6) is 0 Å². The van der Waals surface area contributed by atoms with Crippen LogP contribution in [0.4, 0.5) is 0 Å². The lowest BCUT2D eigenvalue weighted by Crippen LogP contribution is -2.48. The van der Waals surface area contributed by atoms with Gasteiger partial charge in [0, 0.05) is 26.2 Å². The summed E-state index contributed by atoms with van der Waals surface area (Å²) in [5.74, 6) is 1.07. The van der Waals surface area contributed by atoms with Crippen molar-refractivity contribution in [3.63, 3.8) is 0 Å². The third-order valence-corrected chi connectivity index (χ3v) is 6.53. The first-order chi connectivity index (χ1) is 11.6. The highest BCUT2D eigenvalue weighted by Gasteiger charge is 2.33. The van der Waals surface area contributed by atoms with E-state index < -0.39 is 0 Å². The van der Waals surface area contributed by atoms with Crippen molar-refractivity contribution in [2.45, 2.75) is 51.5 Å². The SMILES string of the molecule is CC1CCC(N(C)C(=O)C2CCCN(C(=O)c3cccs3)C2)CC1. The Bertz CT molecular complexity index is 564. The van der Waals surface area contributed by atoms with Crippen molar-refractivity contribution in [2.24, 2.45) is 11.8 Å². The number of thiophene rings is 1. The Balaban J connectivity index is 1.59. The van der Waals surface area contributed by atoms with Gasteiger partial charge in [0.05, 0.1) is 10.8 Å². The predicted molar refractivity (Wildman–Crippen MR) is 97.1 cm³/mol. The third-order valence-electron chi connectivity index (χ3n) is 5.67. The topological polar surface area (TPSA) is 40.6 Å². The second-order valence-electron chi connectivity index (χ2n) is 7.43. The highest BCUT2D eigenvalue weighted by Crippen LogP contribution is 2.29. The van der Waals surface area contributed by atoms with Gasteiger partial charge in [0.25, 0.3) is 5.91 Å². The maximum Gasteiger partial charge on any atom is 0.263 e. The fourth-order valence-electron chi connectivity index (χ4n) is 4.02. The molecule has 3 rings (SSSR count). The molecule has 1 saturated heterocycles. The molecule has 0 N–H and O–H groups in total. The van der Waals surface area contributed by atoms with Crippen LogP contribution in [0.15, 0.2) is 17.5 Å². The summed E-state index contributed by atoms with van der Waals surface area (Å²) in [6.07, 6.45) is 6.50. The van der Waals surface area contributed by atoms with Crippen LogP contribution in [0.1, 0.15) is 55.1 Å². The predicted octanol–water partition coefficient (Wildman–Crippen LogP) is 3.64. The second-order valence-corrected chi connectivity index (χ2v) is 8.38. The van der Waals surface area contributed by atoms with Crippen LogP contribution in [0.25, 0.3) is 0 Å². The molecule has 1 unspecified atom stereocenters. The minimum Gasteiger partial charge on any atom is -0.342 e. The van der Waals surface area contributed by atoms with E-state index in [0.29, 0.717) is 12.6 Å². The molecular formula is C19H28N2O2S. The van der Waals surface area contributed by atoms with E-state index in [1.807, 2.05) is 34.4 Å². The van der Waals surface area contributed by atoms with Gasteiger partial charge in [-0.25, -0.2) is 0 Å². The molecule has 0 spiro atoms. The van der Waals surface area contributed by atoms with Crippen LogP contribution in [0, 0.1) is 11.8 Å². The van der Waals surface area contributed by atoms with E-state index in [2.05, 4.69) is 6.92 Å². The highest BCUT2D eigenvalue weighted by molar-refractivity contribution is 7.12. The summed E-state index contributed by atoms with van der Waals surface area (Å²) in [6, 6.07) is 4.16. The Hall–Kier alpha value is -1.36. The van der Waals surface area contributed by atoms with E-state index in [1.54, 1.807) is 0 Å². The number of nitrogens with zero attached hydrogens (tertiary/aromatic N) is 2. The van der Waals surface area contributed by atoms with Gasteiger partial charge in [-0.2, -0.15) is 0 Å². The van der Waals surface area contributed by atoms with Crippen molar-refractivity contribution in [3.8, 4) is 0 Å². The number of hydrogen-bond donors (Lipinski definition) is 0. The van der Waals surface area contributed by atoms with Crippen LogP contribution in [-0.4, -0.2) is 47.8 Å². The maximum atomic E-state index is 12.9. The normalized spacial score (nSPS) is 27.8. The first kappa shape index (κ1) is 17.5. The number of amides is 2. The molecule has 1 aliphatic carbocycles. The Kier molecular flexibility index (Phi) is 5.59. The van der Waals surface area contributed by atoms with Gasteiger partial charge < -0.3 is 9.80 Å². The molecule has 0 aromatic carbocycles. The maximum absolute atomic E-state index is 12.9. The van der Waals surface area contributed by atoms with E-state index >= 15 is 0 Å². The van der Waals surface area contributed by atoms with E-state index in [0.717, 1.165) is 43.0 Å². The molecule has 2 amide bonds. The summed E-state index contributed by atoms with van der Waals surface area (Å²) in [6.45, 7) is 3.64. The average molecular weight is 349 g/mol. The summed E-state index contributed by atoms with van der Waals surface area (Å²) < 4.78 is 0. The number of likely N-dealkylation sites (tertiary alicyclic amines) is 1. The molecule has 5 heteroatoms. The molecule has 0 radical (unpaired) electrons. The van der Waals surface area contributed by atoms with E-state index in [9.17, 15) is 9.59 Å². The molecule has 2 fully saturated rings. The summed E-state index contributed by atoms with van der Waals surface area (Å²) >= 11 is 1.48. The molecule has 4 nitrogen and oxygen atoms in total. The van der Waals surface area contributed by atoms with Gasteiger partial charge in [-0.15, -0.1) is 11.3 Å². The summed E-state index contributed by atoms with van der Waals surface area (Å²) in [5, 5.41) is 1.93. The fourth-order valence-corrected chi connectivity index (χ4v) is 4.71. The zero-order valence-corrected chi connectivity index (χ0v) is 15.6. The minimum absolute atomic E-state index is 0.0352. The van der Waals surface area contributed by atoms with Crippen molar-refractivity contribution < 1.29 is 9.59 Å². The third kappa shape index (κ3) is 3.82. The fraction of sp³-hybridized carbons (Fsp3) is 0.684. The Labute approximate surface area is 148 Å². The van der Waals surface area contributed by atoms with Crippen molar-refractivity contribution in [1.82, 2.24) is 9.80 Å². The summed E-state index contributed by atoms with van der Waals surface area (Å²) in [5.41, 5.74) is 0. The molecule has 1 aromatic heterocycles. The lowest BCUT2D eigenvalue weighted by Gasteiger charge is -2.38. The summed E-state index contributed by atoms with van der Waals surface area (Å²) in [7, 11) is 1.96. The molecule has 0 bridgehead atoms. The average Bonchev–Trinajstić information content (AvgIpc) is 3.15. The molecule has 1 saturated carbocycles. The number of hydrogen-bond acceptors (Lipinski definition) is 3. The van der Waals surface area contributed by atoms with Crippen molar-refractivity contribution in [3.05, 3.63) is 22.4 Å². The standard InChI is InChI=1S/C19H28N2O2S/c1-14-7-9-16(10-8-14)20(2)18(22)15-5-3-11-21(13-15)19(23)17-6-4-12-24-17/h4,6,12,14-16H,3,5,7-11,13H2,1-2H3. The van der Waals surface area contributed by atoms with Gasteiger partial charge >= 0.3 is 0 Å². The van der Waals surface area contributed by atoms with Crippen LogP contribution in [0.3, 0.4) is 0 Å². The molecule has 24 heavy (non-hydrogen) atoms. The zero-order chi connectivity index (χ0) is 17.1. The van der Waals surface area contributed by atoms with Gasteiger partial charge in [-0.1, -0.05) is 13.0 Å². The minimum atomic E-state index is -0.0352. The van der Waals surface area contributed by atoms with Gasteiger partial charge in [0.15, 0.2) is 0 Å². The molecule has 2 aliphatic rings. The zero-order valence-electron chi connectivity index (χ0n) is 14.7. The van der Waals surface area contributed by atoms with Gasteiger partial charge in [0.1, 0.15) is 0 Å². The molecule has 1 aromatic rings. The number of carbonyl (C=O) groups is 2.